The lowest BCUT2D eigenvalue weighted by molar-refractivity contribution is -0.116. The maximum absolute atomic E-state index is 11.5. The molecule has 1 heterocycles. The van der Waals surface area contributed by atoms with Crippen molar-refractivity contribution in [3.63, 3.8) is 0 Å². The third-order valence-electron chi connectivity index (χ3n) is 2.77. The minimum Gasteiger partial charge on any atom is -0.295 e. The molecule has 0 fully saturated rings. The summed E-state index contributed by atoms with van der Waals surface area (Å²) >= 11 is 1.41. The highest BCUT2D eigenvalue weighted by molar-refractivity contribution is 7.14. The molecule has 1 rings (SSSR count). The van der Waals surface area contributed by atoms with E-state index >= 15 is 0 Å². The Morgan fingerprint density at radius 1 is 1.42 bits per heavy atom. The van der Waals surface area contributed by atoms with Gasteiger partial charge in [0.2, 0.25) is 5.91 Å². The fourth-order valence-electron chi connectivity index (χ4n) is 1.79. The predicted molar refractivity (Wildman–Crippen MR) is 79.3 cm³/mol. The zero-order valence-corrected chi connectivity index (χ0v) is 12.9. The van der Waals surface area contributed by atoms with Crippen LogP contribution in [-0.2, 0) is 9.59 Å². The number of carbonyl (C=O) groups is 2. The van der Waals surface area contributed by atoms with Crippen molar-refractivity contribution in [3.8, 4) is 0 Å². The Bertz CT molecular complexity index is 503. The summed E-state index contributed by atoms with van der Waals surface area (Å²) in [5.74, 6) is 0.198. The van der Waals surface area contributed by atoms with E-state index in [0.717, 1.165) is 11.3 Å². The SMILES string of the molecule is CCN(C(C)=O)c1nc(/C=C(/C(C)=O)C(C)C)cs1. The first kappa shape index (κ1) is 15.6. The van der Waals surface area contributed by atoms with Crippen LogP contribution in [0, 0.1) is 5.92 Å². The standard InChI is InChI=1S/C14H20N2O2S/c1-6-16(11(5)18)14-15-12(8-19-14)7-13(9(2)3)10(4)17/h7-9H,6H2,1-5H3/b13-7+. The van der Waals surface area contributed by atoms with E-state index in [1.807, 2.05) is 26.2 Å². The van der Waals surface area contributed by atoms with E-state index in [9.17, 15) is 9.59 Å². The molecule has 4 nitrogen and oxygen atoms in total. The number of nitrogens with zero attached hydrogens (tertiary/aromatic N) is 2. The number of thiazole rings is 1. The van der Waals surface area contributed by atoms with Gasteiger partial charge < -0.3 is 0 Å². The topological polar surface area (TPSA) is 50.3 Å². The number of carbonyl (C=O) groups excluding carboxylic acids is 2. The predicted octanol–water partition coefficient (Wildman–Crippen LogP) is 3.14. The Morgan fingerprint density at radius 2 is 2.05 bits per heavy atom. The molecule has 0 aliphatic heterocycles. The lowest BCUT2D eigenvalue weighted by atomic mass is 9.99. The number of rotatable bonds is 5. The van der Waals surface area contributed by atoms with Crippen LogP contribution in [0.5, 0.6) is 0 Å². The molecule has 0 radical (unpaired) electrons. The molecule has 0 bridgehead atoms. The summed E-state index contributed by atoms with van der Waals surface area (Å²) in [5.41, 5.74) is 1.49. The van der Waals surface area contributed by atoms with Gasteiger partial charge in [0.05, 0.1) is 5.69 Å². The van der Waals surface area contributed by atoms with E-state index < -0.39 is 0 Å². The maximum Gasteiger partial charge on any atom is 0.225 e. The number of amides is 1. The Hall–Kier alpha value is -1.49. The van der Waals surface area contributed by atoms with E-state index in [-0.39, 0.29) is 17.6 Å². The summed E-state index contributed by atoms with van der Waals surface area (Å²) in [6, 6.07) is 0. The minimum absolute atomic E-state index is 0.0250. The minimum atomic E-state index is -0.0250. The van der Waals surface area contributed by atoms with Crippen LogP contribution in [0.25, 0.3) is 6.08 Å². The molecule has 19 heavy (non-hydrogen) atoms. The van der Waals surface area contributed by atoms with E-state index in [1.54, 1.807) is 17.9 Å². The van der Waals surface area contributed by atoms with Gasteiger partial charge in [0.25, 0.3) is 0 Å². The Kier molecular flexibility index (Phi) is 5.42. The first-order valence-electron chi connectivity index (χ1n) is 6.33. The van der Waals surface area contributed by atoms with Crippen LogP contribution >= 0.6 is 11.3 Å². The largest absolute Gasteiger partial charge is 0.295 e. The summed E-state index contributed by atoms with van der Waals surface area (Å²) in [6.07, 6.45) is 1.81. The van der Waals surface area contributed by atoms with Gasteiger partial charge in [-0.05, 0) is 31.4 Å². The highest BCUT2D eigenvalue weighted by atomic mass is 32.1. The van der Waals surface area contributed by atoms with Crippen LogP contribution in [0.1, 0.15) is 40.3 Å². The summed E-state index contributed by atoms with van der Waals surface area (Å²) in [5, 5.41) is 2.54. The zero-order chi connectivity index (χ0) is 14.6. The number of hydrogen-bond acceptors (Lipinski definition) is 4. The Balaban J connectivity index is 3.05. The van der Waals surface area contributed by atoms with Crippen LogP contribution < -0.4 is 4.90 Å². The highest BCUT2D eigenvalue weighted by Crippen LogP contribution is 2.23. The molecule has 1 aromatic heterocycles. The number of allylic oxidation sites excluding steroid dienone is 1. The van der Waals surface area contributed by atoms with Crippen LogP contribution in [0.2, 0.25) is 0 Å². The molecule has 0 saturated carbocycles. The van der Waals surface area contributed by atoms with Crippen molar-refractivity contribution in [2.75, 3.05) is 11.4 Å². The van der Waals surface area contributed by atoms with Gasteiger partial charge in [-0.25, -0.2) is 4.98 Å². The average molecular weight is 280 g/mol. The number of hydrogen-bond donors (Lipinski definition) is 0. The average Bonchev–Trinajstić information content (AvgIpc) is 2.74. The van der Waals surface area contributed by atoms with Crippen molar-refractivity contribution in [1.82, 2.24) is 4.98 Å². The first-order chi connectivity index (χ1) is 8.86. The summed E-state index contributed by atoms with van der Waals surface area (Å²) in [7, 11) is 0. The van der Waals surface area contributed by atoms with Crippen LogP contribution in [-0.4, -0.2) is 23.2 Å². The number of ketones is 1. The van der Waals surface area contributed by atoms with Gasteiger partial charge in [0, 0.05) is 18.8 Å². The second-order valence-corrected chi connectivity index (χ2v) is 5.47. The molecule has 0 atom stereocenters. The van der Waals surface area contributed by atoms with Crippen molar-refractivity contribution in [3.05, 3.63) is 16.6 Å². The fraction of sp³-hybridized carbons (Fsp3) is 0.500. The van der Waals surface area contributed by atoms with Gasteiger partial charge >= 0.3 is 0 Å². The fourth-order valence-corrected chi connectivity index (χ4v) is 2.68. The summed E-state index contributed by atoms with van der Waals surface area (Å²) in [6.45, 7) is 9.55. The molecular weight excluding hydrogens is 260 g/mol. The molecule has 104 valence electrons. The van der Waals surface area contributed by atoms with Gasteiger partial charge in [-0.1, -0.05) is 13.8 Å². The van der Waals surface area contributed by atoms with Crippen molar-refractivity contribution in [2.24, 2.45) is 5.92 Å². The highest BCUT2D eigenvalue weighted by Gasteiger charge is 2.14. The first-order valence-corrected chi connectivity index (χ1v) is 7.20. The quantitative estimate of drug-likeness (QED) is 0.779. The maximum atomic E-state index is 11.5. The molecule has 0 N–H and O–H groups in total. The molecule has 5 heteroatoms. The van der Waals surface area contributed by atoms with Gasteiger partial charge in [0.15, 0.2) is 10.9 Å². The smallest absolute Gasteiger partial charge is 0.225 e. The number of anilines is 1. The van der Waals surface area contributed by atoms with Crippen LogP contribution in [0.3, 0.4) is 0 Å². The molecule has 0 saturated heterocycles. The second-order valence-electron chi connectivity index (χ2n) is 4.63. The van der Waals surface area contributed by atoms with Gasteiger partial charge in [-0.15, -0.1) is 11.3 Å². The molecule has 0 aliphatic rings. The lowest BCUT2D eigenvalue weighted by Crippen LogP contribution is -2.27. The van der Waals surface area contributed by atoms with Crippen LogP contribution in [0.15, 0.2) is 11.0 Å². The monoisotopic (exact) mass is 280 g/mol. The summed E-state index contributed by atoms with van der Waals surface area (Å²) in [4.78, 5) is 29.0. The van der Waals surface area contributed by atoms with E-state index in [1.165, 1.54) is 18.3 Å². The van der Waals surface area contributed by atoms with E-state index in [0.29, 0.717) is 11.7 Å². The van der Waals surface area contributed by atoms with E-state index in [4.69, 9.17) is 0 Å². The lowest BCUT2D eigenvalue weighted by Gasteiger charge is -2.14. The van der Waals surface area contributed by atoms with Gasteiger partial charge in [-0.3, -0.25) is 14.5 Å². The number of Topliss-reactive ketones (excluding diaryl/α,β-unsaturated/α-hetero) is 1. The molecule has 1 amide bonds. The number of aromatic nitrogens is 1. The second kappa shape index (κ2) is 6.61. The van der Waals surface area contributed by atoms with Crippen molar-refractivity contribution in [1.29, 1.82) is 0 Å². The van der Waals surface area contributed by atoms with Gasteiger partial charge in [-0.2, -0.15) is 0 Å². The molecule has 0 aliphatic carbocycles. The molecular formula is C14H20N2O2S. The van der Waals surface area contributed by atoms with Crippen molar-refractivity contribution < 1.29 is 9.59 Å². The Morgan fingerprint density at radius 3 is 2.47 bits per heavy atom. The van der Waals surface area contributed by atoms with Gasteiger partial charge in [0.1, 0.15) is 0 Å². The molecule has 0 aromatic carbocycles. The van der Waals surface area contributed by atoms with Crippen LogP contribution in [0.4, 0.5) is 5.13 Å². The zero-order valence-electron chi connectivity index (χ0n) is 12.1. The van der Waals surface area contributed by atoms with Crippen molar-refractivity contribution in [2.45, 2.75) is 34.6 Å². The molecule has 0 spiro atoms. The third kappa shape index (κ3) is 3.99. The summed E-state index contributed by atoms with van der Waals surface area (Å²) < 4.78 is 0. The normalized spacial score (nSPS) is 11.8. The molecule has 1 aromatic rings. The third-order valence-corrected chi connectivity index (χ3v) is 3.65. The van der Waals surface area contributed by atoms with Crippen molar-refractivity contribution >= 4 is 34.2 Å². The Labute approximate surface area is 118 Å². The molecule has 0 unspecified atom stereocenters. The van der Waals surface area contributed by atoms with E-state index in [2.05, 4.69) is 4.98 Å².